The third kappa shape index (κ3) is 2.80. The van der Waals surface area contributed by atoms with Crippen molar-refractivity contribution in [2.45, 2.75) is 12.1 Å². The van der Waals surface area contributed by atoms with Gasteiger partial charge in [-0.25, -0.2) is 9.97 Å². The summed E-state index contributed by atoms with van der Waals surface area (Å²) >= 11 is 1.46. The van der Waals surface area contributed by atoms with Crippen LogP contribution in [-0.2, 0) is 0 Å². The van der Waals surface area contributed by atoms with Gasteiger partial charge < -0.3 is 0 Å². The van der Waals surface area contributed by atoms with E-state index in [1.807, 2.05) is 73.8 Å². The number of rotatable bonds is 3. The Kier molecular flexibility index (Phi) is 4.31. The number of nitrogens with zero attached hydrogens (tertiary/aromatic N) is 3. The van der Waals surface area contributed by atoms with E-state index in [-0.39, 0.29) is 5.56 Å². The Morgan fingerprint density at radius 2 is 1.69 bits per heavy atom. The fourth-order valence-corrected chi connectivity index (χ4v) is 3.40. The quantitative estimate of drug-likeness (QED) is 0.400. The first-order chi connectivity index (χ1) is 12.7. The Hall–Kier alpha value is -2.92. The summed E-state index contributed by atoms with van der Waals surface area (Å²) < 4.78 is 1.68. The summed E-state index contributed by atoms with van der Waals surface area (Å²) in [7, 11) is 0. The molecule has 0 aliphatic carbocycles. The van der Waals surface area contributed by atoms with E-state index in [1.165, 1.54) is 11.8 Å². The third-order valence-electron chi connectivity index (χ3n) is 4.35. The van der Waals surface area contributed by atoms with Gasteiger partial charge in [0.05, 0.1) is 5.69 Å². The molecule has 0 spiro atoms. The Labute approximate surface area is 155 Å². The maximum atomic E-state index is 13.4. The molecule has 4 aromatic rings. The standard InChI is InChI=1S/C21H17N3OS/c1-14-8-6-7-11-17(14)18-12-15-13-22-21(26-2)23-19(15)24(20(18)25)16-9-4-3-5-10-16/h3-13H,1-2H3. The average Bonchev–Trinajstić information content (AvgIpc) is 2.68. The van der Waals surface area contributed by atoms with Crippen molar-refractivity contribution in [1.29, 1.82) is 0 Å². The number of fused-ring (bicyclic) bond motifs is 1. The summed E-state index contributed by atoms with van der Waals surface area (Å²) in [4.78, 5) is 22.4. The first-order valence-corrected chi connectivity index (χ1v) is 9.50. The Morgan fingerprint density at radius 1 is 0.962 bits per heavy atom. The van der Waals surface area contributed by atoms with E-state index in [4.69, 9.17) is 0 Å². The zero-order valence-corrected chi connectivity index (χ0v) is 15.3. The van der Waals surface area contributed by atoms with Gasteiger partial charge in [-0.05, 0) is 42.5 Å². The lowest BCUT2D eigenvalue weighted by Crippen LogP contribution is -2.21. The predicted molar refractivity (Wildman–Crippen MR) is 107 cm³/mol. The van der Waals surface area contributed by atoms with Crippen LogP contribution in [0.15, 0.2) is 76.8 Å². The lowest BCUT2D eigenvalue weighted by molar-refractivity contribution is 0.939. The van der Waals surface area contributed by atoms with Gasteiger partial charge in [-0.1, -0.05) is 54.2 Å². The zero-order valence-electron chi connectivity index (χ0n) is 14.5. The van der Waals surface area contributed by atoms with Crippen LogP contribution in [0.2, 0.25) is 0 Å². The minimum absolute atomic E-state index is 0.0799. The second-order valence-corrected chi connectivity index (χ2v) is 6.76. The van der Waals surface area contributed by atoms with E-state index in [1.54, 1.807) is 10.8 Å². The van der Waals surface area contributed by atoms with Crippen LogP contribution in [0.1, 0.15) is 5.56 Å². The van der Waals surface area contributed by atoms with Gasteiger partial charge >= 0.3 is 0 Å². The fourth-order valence-electron chi connectivity index (χ4n) is 3.06. The topological polar surface area (TPSA) is 47.8 Å². The molecule has 0 aliphatic heterocycles. The number of aromatic nitrogens is 3. The van der Waals surface area contributed by atoms with Crippen molar-refractivity contribution >= 4 is 22.8 Å². The summed E-state index contributed by atoms with van der Waals surface area (Å²) in [5, 5.41) is 1.48. The van der Waals surface area contributed by atoms with Gasteiger partial charge in [0.25, 0.3) is 5.56 Å². The minimum Gasteiger partial charge on any atom is -0.268 e. The van der Waals surface area contributed by atoms with Gasteiger partial charge in [-0.2, -0.15) is 0 Å². The van der Waals surface area contributed by atoms with Crippen LogP contribution in [0.3, 0.4) is 0 Å². The average molecular weight is 359 g/mol. The molecule has 0 atom stereocenters. The van der Waals surface area contributed by atoms with Crippen molar-refractivity contribution in [2.75, 3.05) is 6.26 Å². The van der Waals surface area contributed by atoms with Crippen LogP contribution in [0.4, 0.5) is 0 Å². The largest absolute Gasteiger partial charge is 0.268 e. The van der Waals surface area contributed by atoms with E-state index in [0.29, 0.717) is 16.4 Å². The van der Waals surface area contributed by atoms with Gasteiger partial charge in [-0.15, -0.1) is 0 Å². The SMILES string of the molecule is CSc1ncc2cc(-c3ccccc3C)c(=O)n(-c3ccccc3)c2n1. The lowest BCUT2D eigenvalue weighted by Gasteiger charge is -2.14. The predicted octanol–water partition coefficient (Wildman–Crippen LogP) is 4.48. The van der Waals surface area contributed by atoms with Crippen molar-refractivity contribution in [3.63, 3.8) is 0 Å². The molecule has 2 aromatic carbocycles. The maximum absolute atomic E-state index is 13.4. The molecule has 0 saturated heterocycles. The van der Waals surface area contributed by atoms with E-state index >= 15 is 0 Å². The number of pyridine rings is 1. The summed E-state index contributed by atoms with van der Waals surface area (Å²) in [5.41, 5.74) is 3.98. The molecule has 2 heterocycles. The van der Waals surface area contributed by atoms with Crippen LogP contribution in [-0.4, -0.2) is 20.8 Å². The third-order valence-corrected chi connectivity index (χ3v) is 4.91. The van der Waals surface area contributed by atoms with Crippen LogP contribution < -0.4 is 5.56 Å². The molecule has 0 saturated carbocycles. The van der Waals surface area contributed by atoms with Crippen LogP contribution >= 0.6 is 11.8 Å². The summed E-state index contributed by atoms with van der Waals surface area (Å²) in [5.74, 6) is 0. The van der Waals surface area contributed by atoms with Gasteiger partial charge in [0.1, 0.15) is 0 Å². The number of benzene rings is 2. The molecule has 0 radical (unpaired) electrons. The molecule has 0 unspecified atom stereocenters. The van der Waals surface area contributed by atoms with Gasteiger partial charge in [0.2, 0.25) is 0 Å². The number of aryl methyl sites for hydroxylation is 1. The molecule has 0 bridgehead atoms. The number of hydrogen-bond acceptors (Lipinski definition) is 4. The Balaban J connectivity index is 2.13. The highest BCUT2D eigenvalue weighted by Gasteiger charge is 2.15. The molecule has 0 amide bonds. The zero-order chi connectivity index (χ0) is 18.1. The smallest absolute Gasteiger partial charge is 0.264 e. The van der Waals surface area contributed by atoms with Crippen molar-refractivity contribution in [3.8, 4) is 16.8 Å². The highest BCUT2D eigenvalue weighted by molar-refractivity contribution is 7.98. The second kappa shape index (κ2) is 6.77. The lowest BCUT2D eigenvalue weighted by atomic mass is 10.0. The summed E-state index contributed by atoms with van der Waals surface area (Å²) in [6.07, 6.45) is 3.71. The molecule has 128 valence electrons. The fraction of sp³-hybridized carbons (Fsp3) is 0.0952. The molecule has 2 aromatic heterocycles. The van der Waals surface area contributed by atoms with Crippen molar-refractivity contribution in [2.24, 2.45) is 0 Å². The van der Waals surface area contributed by atoms with E-state index < -0.39 is 0 Å². The molecule has 0 fully saturated rings. The van der Waals surface area contributed by atoms with Gasteiger partial charge in [0.15, 0.2) is 10.8 Å². The first-order valence-electron chi connectivity index (χ1n) is 8.27. The van der Waals surface area contributed by atoms with Crippen LogP contribution in [0, 0.1) is 6.92 Å². The highest BCUT2D eigenvalue weighted by atomic mass is 32.2. The van der Waals surface area contributed by atoms with Gasteiger partial charge in [-0.3, -0.25) is 9.36 Å². The molecule has 5 heteroatoms. The van der Waals surface area contributed by atoms with Crippen molar-refractivity contribution < 1.29 is 0 Å². The van der Waals surface area contributed by atoms with Crippen LogP contribution in [0.5, 0.6) is 0 Å². The number of para-hydroxylation sites is 1. The second-order valence-electron chi connectivity index (χ2n) is 5.98. The molecule has 0 aliphatic rings. The van der Waals surface area contributed by atoms with E-state index in [0.717, 1.165) is 22.2 Å². The monoisotopic (exact) mass is 359 g/mol. The van der Waals surface area contributed by atoms with Crippen molar-refractivity contribution in [3.05, 3.63) is 82.8 Å². The number of thioether (sulfide) groups is 1. The molecule has 4 nitrogen and oxygen atoms in total. The molecular weight excluding hydrogens is 342 g/mol. The van der Waals surface area contributed by atoms with E-state index in [9.17, 15) is 4.79 Å². The van der Waals surface area contributed by atoms with E-state index in [2.05, 4.69) is 9.97 Å². The summed E-state index contributed by atoms with van der Waals surface area (Å²) in [6, 6.07) is 19.4. The summed E-state index contributed by atoms with van der Waals surface area (Å²) in [6.45, 7) is 2.01. The van der Waals surface area contributed by atoms with Gasteiger partial charge in [0, 0.05) is 17.1 Å². The molecule has 26 heavy (non-hydrogen) atoms. The molecule has 4 rings (SSSR count). The normalized spacial score (nSPS) is 11.0. The minimum atomic E-state index is -0.0799. The Bertz CT molecular complexity index is 1150. The Morgan fingerprint density at radius 3 is 2.42 bits per heavy atom. The van der Waals surface area contributed by atoms with Crippen molar-refractivity contribution in [1.82, 2.24) is 14.5 Å². The number of hydrogen-bond donors (Lipinski definition) is 0. The maximum Gasteiger partial charge on any atom is 0.264 e. The highest BCUT2D eigenvalue weighted by Crippen LogP contribution is 2.25. The molecular formula is C21H17N3OS. The molecule has 0 N–H and O–H groups in total. The first kappa shape index (κ1) is 16.5. The van der Waals surface area contributed by atoms with Crippen LogP contribution in [0.25, 0.3) is 27.8 Å².